The molecule has 0 spiro atoms. The molecule has 166 valence electrons. The molecule has 1 aromatic heterocycles. The number of aromatic nitrogens is 2. The number of anilines is 4. The van der Waals surface area contributed by atoms with Gasteiger partial charge in [-0.1, -0.05) is 19.9 Å². The van der Waals surface area contributed by atoms with Gasteiger partial charge in [0, 0.05) is 23.9 Å². The summed E-state index contributed by atoms with van der Waals surface area (Å²) in [5, 5.41) is 6.57. The highest BCUT2D eigenvalue weighted by molar-refractivity contribution is 6.03. The van der Waals surface area contributed by atoms with Crippen LogP contribution in [0.3, 0.4) is 0 Å². The van der Waals surface area contributed by atoms with Crippen LogP contribution in [0.2, 0.25) is 0 Å². The van der Waals surface area contributed by atoms with Gasteiger partial charge in [0.1, 0.15) is 17.3 Å². The zero-order chi connectivity index (χ0) is 22.7. The first-order valence-corrected chi connectivity index (χ1v) is 10.7. The standard InChI is InChI=1S/C25H28N4O3/c1-5-32-18-11-9-16(10-12-18)26-23-22-20(14-25(2,3)15-21(22)30)28-24(29-23)27-17-7-6-8-19(13-17)31-4/h6-13H,5,14-15H2,1-4H3,(H2,26,27,28,29). The quantitative estimate of drug-likeness (QED) is 0.508. The van der Waals surface area contributed by atoms with Crippen LogP contribution in [0.4, 0.5) is 23.1 Å². The van der Waals surface area contributed by atoms with Crippen LogP contribution in [0.5, 0.6) is 11.5 Å². The number of Topliss-reactive ketones (excluding diaryl/α,β-unsaturated/α-hetero) is 1. The summed E-state index contributed by atoms with van der Waals surface area (Å²) in [6, 6.07) is 15.2. The van der Waals surface area contributed by atoms with Gasteiger partial charge in [0.25, 0.3) is 0 Å². The highest BCUT2D eigenvalue weighted by Gasteiger charge is 2.35. The van der Waals surface area contributed by atoms with Crippen LogP contribution in [0, 0.1) is 5.41 Å². The number of nitrogens with one attached hydrogen (secondary N) is 2. The van der Waals surface area contributed by atoms with E-state index in [9.17, 15) is 4.79 Å². The van der Waals surface area contributed by atoms with Gasteiger partial charge in [0.15, 0.2) is 5.78 Å². The minimum atomic E-state index is -0.151. The lowest BCUT2D eigenvalue weighted by molar-refractivity contribution is 0.0911. The Balaban J connectivity index is 1.71. The summed E-state index contributed by atoms with van der Waals surface area (Å²) >= 11 is 0. The molecule has 7 nitrogen and oxygen atoms in total. The van der Waals surface area contributed by atoms with Crippen molar-refractivity contribution >= 4 is 28.9 Å². The van der Waals surface area contributed by atoms with Crippen LogP contribution in [0.1, 0.15) is 43.2 Å². The van der Waals surface area contributed by atoms with E-state index in [1.54, 1.807) is 7.11 Å². The molecule has 0 radical (unpaired) electrons. The lowest BCUT2D eigenvalue weighted by Gasteiger charge is -2.30. The number of ketones is 1. The first-order valence-electron chi connectivity index (χ1n) is 10.7. The Labute approximate surface area is 188 Å². The van der Waals surface area contributed by atoms with E-state index in [4.69, 9.17) is 14.5 Å². The molecule has 0 fully saturated rings. The van der Waals surface area contributed by atoms with Crippen LogP contribution in [-0.4, -0.2) is 29.5 Å². The second-order valence-corrected chi connectivity index (χ2v) is 8.60. The minimum absolute atomic E-state index is 0.0533. The zero-order valence-corrected chi connectivity index (χ0v) is 18.9. The molecule has 32 heavy (non-hydrogen) atoms. The summed E-state index contributed by atoms with van der Waals surface area (Å²) in [7, 11) is 1.63. The number of ether oxygens (including phenoxy) is 2. The van der Waals surface area contributed by atoms with Gasteiger partial charge >= 0.3 is 0 Å². The summed E-state index contributed by atoms with van der Waals surface area (Å²) in [4.78, 5) is 22.4. The fourth-order valence-corrected chi connectivity index (χ4v) is 3.88. The van der Waals surface area contributed by atoms with Crippen molar-refractivity contribution in [3.8, 4) is 11.5 Å². The molecular weight excluding hydrogens is 404 g/mol. The number of rotatable bonds is 7. The molecule has 0 aliphatic heterocycles. The fraction of sp³-hybridized carbons (Fsp3) is 0.320. The molecule has 0 saturated heterocycles. The van der Waals surface area contributed by atoms with E-state index in [-0.39, 0.29) is 11.2 Å². The number of benzene rings is 2. The van der Waals surface area contributed by atoms with Gasteiger partial charge in [0.05, 0.1) is 25.0 Å². The molecule has 4 rings (SSSR count). The minimum Gasteiger partial charge on any atom is -0.497 e. The molecule has 1 aliphatic rings. The van der Waals surface area contributed by atoms with Gasteiger partial charge < -0.3 is 20.1 Å². The number of methoxy groups -OCH3 is 1. The first-order chi connectivity index (χ1) is 15.4. The maximum absolute atomic E-state index is 13.0. The predicted molar refractivity (Wildman–Crippen MR) is 126 cm³/mol. The second-order valence-electron chi connectivity index (χ2n) is 8.60. The molecule has 0 saturated carbocycles. The van der Waals surface area contributed by atoms with Crippen molar-refractivity contribution in [1.29, 1.82) is 0 Å². The number of carbonyl (C=O) groups is 1. The van der Waals surface area contributed by atoms with E-state index in [1.807, 2.05) is 55.5 Å². The van der Waals surface area contributed by atoms with Gasteiger partial charge in [-0.25, -0.2) is 4.98 Å². The van der Waals surface area contributed by atoms with Crippen molar-refractivity contribution in [2.45, 2.75) is 33.6 Å². The van der Waals surface area contributed by atoms with Crippen LogP contribution < -0.4 is 20.1 Å². The molecule has 3 aromatic rings. The molecule has 0 atom stereocenters. The van der Waals surface area contributed by atoms with E-state index in [0.717, 1.165) is 28.6 Å². The fourth-order valence-electron chi connectivity index (χ4n) is 3.88. The molecule has 1 heterocycles. The zero-order valence-electron chi connectivity index (χ0n) is 18.9. The number of nitrogens with zero attached hydrogens (tertiary/aromatic N) is 2. The monoisotopic (exact) mass is 432 g/mol. The summed E-state index contributed by atoms with van der Waals surface area (Å²) < 4.78 is 10.8. The lowest BCUT2D eigenvalue weighted by atomic mass is 9.75. The molecule has 0 amide bonds. The van der Waals surface area contributed by atoms with E-state index in [2.05, 4.69) is 29.5 Å². The highest BCUT2D eigenvalue weighted by Crippen LogP contribution is 2.38. The largest absolute Gasteiger partial charge is 0.497 e. The summed E-state index contributed by atoms with van der Waals surface area (Å²) in [5.74, 6) is 2.51. The van der Waals surface area contributed by atoms with Crippen LogP contribution in [0.15, 0.2) is 48.5 Å². The third-order valence-corrected chi connectivity index (χ3v) is 5.30. The van der Waals surface area contributed by atoms with Crippen LogP contribution >= 0.6 is 0 Å². The Morgan fingerprint density at radius 1 is 0.969 bits per heavy atom. The normalized spacial score (nSPS) is 14.4. The van der Waals surface area contributed by atoms with Gasteiger partial charge in [-0.2, -0.15) is 4.98 Å². The summed E-state index contributed by atoms with van der Waals surface area (Å²) in [5.41, 5.74) is 2.79. The number of carbonyl (C=O) groups excluding carboxylic acids is 1. The van der Waals surface area contributed by atoms with Gasteiger partial charge in [-0.05, 0) is 55.2 Å². The average Bonchev–Trinajstić information content (AvgIpc) is 2.74. The highest BCUT2D eigenvalue weighted by atomic mass is 16.5. The lowest BCUT2D eigenvalue weighted by Crippen LogP contribution is -2.29. The SMILES string of the molecule is CCOc1ccc(Nc2nc(Nc3cccc(OC)c3)nc3c2C(=O)CC(C)(C)C3)cc1. The van der Waals surface area contributed by atoms with Crippen molar-refractivity contribution in [1.82, 2.24) is 9.97 Å². The smallest absolute Gasteiger partial charge is 0.229 e. The molecule has 2 N–H and O–H groups in total. The third-order valence-electron chi connectivity index (χ3n) is 5.30. The molecule has 2 aromatic carbocycles. The number of hydrogen-bond donors (Lipinski definition) is 2. The number of fused-ring (bicyclic) bond motifs is 1. The molecule has 1 aliphatic carbocycles. The second kappa shape index (κ2) is 8.86. The number of hydrogen-bond acceptors (Lipinski definition) is 7. The molecule has 0 unspecified atom stereocenters. The van der Waals surface area contributed by atoms with Crippen molar-refractivity contribution in [3.05, 3.63) is 59.8 Å². The predicted octanol–water partition coefficient (Wildman–Crippen LogP) is 5.53. The van der Waals surface area contributed by atoms with Gasteiger partial charge in [-0.3, -0.25) is 4.79 Å². The molecule has 7 heteroatoms. The van der Waals surface area contributed by atoms with Crippen molar-refractivity contribution in [2.75, 3.05) is 24.4 Å². The Morgan fingerprint density at radius 2 is 1.75 bits per heavy atom. The Bertz CT molecular complexity index is 1130. The summed E-state index contributed by atoms with van der Waals surface area (Å²) in [6.45, 7) is 6.73. The Morgan fingerprint density at radius 3 is 2.47 bits per heavy atom. The van der Waals surface area contributed by atoms with Gasteiger partial charge in [0.2, 0.25) is 5.95 Å². The van der Waals surface area contributed by atoms with Crippen LogP contribution in [0.25, 0.3) is 0 Å². The van der Waals surface area contributed by atoms with E-state index in [1.165, 1.54) is 0 Å². The molecule has 0 bridgehead atoms. The first kappa shape index (κ1) is 21.6. The average molecular weight is 433 g/mol. The Hall–Kier alpha value is -3.61. The van der Waals surface area contributed by atoms with Gasteiger partial charge in [-0.15, -0.1) is 0 Å². The topological polar surface area (TPSA) is 85.4 Å². The van der Waals surface area contributed by atoms with E-state index >= 15 is 0 Å². The van der Waals surface area contributed by atoms with Crippen molar-refractivity contribution < 1.29 is 14.3 Å². The Kier molecular flexibility index (Phi) is 5.99. The van der Waals surface area contributed by atoms with E-state index < -0.39 is 0 Å². The summed E-state index contributed by atoms with van der Waals surface area (Å²) in [6.07, 6.45) is 1.16. The maximum atomic E-state index is 13.0. The van der Waals surface area contributed by atoms with Crippen LogP contribution in [-0.2, 0) is 6.42 Å². The third kappa shape index (κ3) is 4.82. The van der Waals surface area contributed by atoms with Crippen molar-refractivity contribution in [3.63, 3.8) is 0 Å². The maximum Gasteiger partial charge on any atom is 0.229 e. The molecular formula is C25H28N4O3. The van der Waals surface area contributed by atoms with E-state index in [0.29, 0.717) is 36.8 Å². The van der Waals surface area contributed by atoms with Crippen molar-refractivity contribution in [2.24, 2.45) is 5.41 Å².